The van der Waals surface area contributed by atoms with Gasteiger partial charge < -0.3 is 26.0 Å². The molecule has 0 atom stereocenters. The maximum absolute atomic E-state index is 12.1. The minimum absolute atomic E-state index is 0.0575. The van der Waals surface area contributed by atoms with Gasteiger partial charge in [0, 0.05) is 42.2 Å². The van der Waals surface area contributed by atoms with Crippen LogP contribution in [-0.4, -0.2) is 50.6 Å². The summed E-state index contributed by atoms with van der Waals surface area (Å²) in [6.45, 7) is 4.75. The molecule has 8 nitrogen and oxygen atoms in total. The number of methoxy groups -OCH3 is 1. The molecule has 4 N–H and O–H groups in total. The first-order chi connectivity index (χ1) is 14.4. The lowest BCUT2D eigenvalue weighted by molar-refractivity contribution is -0.114. The van der Waals surface area contributed by atoms with E-state index in [0.717, 1.165) is 5.69 Å². The molecule has 0 heterocycles. The summed E-state index contributed by atoms with van der Waals surface area (Å²) >= 11 is 0. The molecule has 0 aliphatic rings. The fourth-order valence-corrected chi connectivity index (χ4v) is 2.55. The number of hydrogen-bond acceptors (Lipinski definition) is 5. The molecule has 2 aromatic rings. The average molecular weight is 412 g/mol. The number of carbonyl (C=O) groups excluding carboxylic acids is 3. The van der Waals surface area contributed by atoms with Crippen molar-refractivity contribution in [2.45, 2.75) is 19.9 Å². The van der Waals surface area contributed by atoms with Gasteiger partial charge in [-0.3, -0.25) is 14.4 Å². The molecule has 0 radical (unpaired) electrons. The van der Waals surface area contributed by atoms with Gasteiger partial charge in [-0.05, 0) is 62.4 Å². The predicted octanol–water partition coefficient (Wildman–Crippen LogP) is 2.25. The van der Waals surface area contributed by atoms with Crippen LogP contribution in [0.15, 0.2) is 48.5 Å². The van der Waals surface area contributed by atoms with Crippen molar-refractivity contribution in [3.63, 3.8) is 0 Å². The molecule has 2 rings (SSSR count). The molecule has 0 spiro atoms. The van der Waals surface area contributed by atoms with E-state index in [-0.39, 0.29) is 30.3 Å². The number of benzene rings is 2. The Bertz CT molecular complexity index is 848. The van der Waals surface area contributed by atoms with E-state index in [4.69, 9.17) is 4.74 Å². The molecule has 0 saturated carbocycles. The number of carbonyl (C=O) groups is 3. The quantitative estimate of drug-likeness (QED) is 0.448. The van der Waals surface area contributed by atoms with E-state index in [2.05, 4.69) is 21.3 Å². The van der Waals surface area contributed by atoms with Gasteiger partial charge in [0.2, 0.25) is 5.91 Å². The van der Waals surface area contributed by atoms with Crippen molar-refractivity contribution in [2.75, 3.05) is 37.4 Å². The Hall–Kier alpha value is -3.39. The highest BCUT2D eigenvalue weighted by molar-refractivity contribution is 5.97. The Morgan fingerprint density at radius 3 is 2.00 bits per heavy atom. The van der Waals surface area contributed by atoms with Gasteiger partial charge in [0.1, 0.15) is 0 Å². The van der Waals surface area contributed by atoms with Crippen LogP contribution in [0.1, 0.15) is 34.6 Å². The van der Waals surface area contributed by atoms with E-state index in [9.17, 15) is 14.4 Å². The summed E-state index contributed by atoms with van der Waals surface area (Å²) < 4.78 is 4.89. The average Bonchev–Trinajstić information content (AvgIpc) is 2.72. The van der Waals surface area contributed by atoms with Crippen LogP contribution in [0.3, 0.4) is 0 Å². The lowest BCUT2D eigenvalue weighted by Crippen LogP contribution is -2.30. The first-order valence-corrected chi connectivity index (χ1v) is 9.71. The molecule has 8 heteroatoms. The summed E-state index contributed by atoms with van der Waals surface area (Å²) in [5.41, 5.74) is 2.39. The lowest BCUT2D eigenvalue weighted by atomic mass is 10.2. The largest absolute Gasteiger partial charge is 0.383 e. The zero-order valence-electron chi connectivity index (χ0n) is 17.5. The standard InChI is InChI=1S/C22H28N4O4/c1-15(2)25-22(29)17-6-10-19(11-7-17)26-20(27)14-24-18-8-4-16(5-9-18)21(28)23-12-13-30-3/h4-11,15,24H,12-14H2,1-3H3,(H,23,28)(H,25,29)(H,26,27). The Morgan fingerprint density at radius 2 is 1.43 bits per heavy atom. The van der Waals surface area contributed by atoms with E-state index in [1.807, 2.05) is 13.8 Å². The number of nitrogens with one attached hydrogen (secondary N) is 4. The molecule has 0 bridgehead atoms. The van der Waals surface area contributed by atoms with Crippen molar-refractivity contribution >= 4 is 29.1 Å². The van der Waals surface area contributed by atoms with E-state index >= 15 is 0 Å². The monoisotopic (exact) mass is 412 g/mol. The number of amides is 3. The molecule has 160 valence electrons. The van der Waals surface area contributed by atoms with E-state index in [1.54, 1.807) is 55.6 Å². The van der Waals surface area contributed by atoms with Crippen LogP contribution < -0.4 is 21.3 Å². The van der Waals surface area contributed by atoms with Gasteiger partial charge in [0.15, 0.2) is 0 Å². The zero-order chi connectivity index (χ0) is 21.9. The smallest absolute Gasteiger partial charge is 0.251 e. The summed E-state index contributed by atoms with van der Waals surface area (Å²) in [7, 11) is 1.57. The first-order valence-electron chi connectivity index (χ1n) is 9.71. The molecule has 2 aromatic carbocycles. The third-order valence-electron chi connectivity index (χ3n) is 4.04. The molecule has 0 aliphatic carbocycles. The van der Waals surface area contributed by atoms with Crippen molar-refractivity contribution in [2.24, 2.45) is 0 Å². The van der Waals surface area contributed by atoms with Crippen molar-refractivity contribution in [3.8, 4) is 0 Å². The second kappa shape index (κ2) is 11.6. The highest BCUT2D eigenvalue weighted by Gasteiger charge is 2.08. The number of hydrogen-bond donors (Lipinski definition) is 4. The number of ether oxygens (including phenoxy) is 1. The maximum atomic E-state index is 12.1. The number of anilines is 2. The molecule has 0 aromatic heterocycles. The third-order valence-corrected chi connectivity index (χ3v) is 4.04. The zero-order valence-corrected chi connectivity index (χ0v) is 17.5. The first kappa shape index (κ1) is 22.9. The van der Waals surface area contributed by atoms with Gasteiger partial charge in [-0.15, -0.1) is 0 Å². The van der Waals surface area contributed by atoms with E-state index in [1.165, 1.54) is 0 Å². The minimum atomic E-state index is -0.226. The summed E-state index contributed by atoms with van der Waals surface area (Å²) in [5, 5.41) is 11.3. The van der Waals surface area contributed by atoms with Crippen LogP contribution >= 0.6 is 0 Å². The van der Waals surface area contributed by atoms with Gasteiger partial charge in [-0.1, -0.05) is 0 Å². The lowest BCUT2D eigenvalue weighted by Gasteiger charge is -2.10. The second-order valence-electron chi connectivity index (χ2n) is 6.93. The van der Waals surface area contributed by atoms with Crippen molar-refractivity contribution < 1.29 is 19.1 Å². The van der Waals surface area contributed by atoms with Crippen LogP contribution in [0, 0.1) is 0 Å². The van der Waals surface area contributed by atoms with Crippen LogP contribution in [0.2, 0.25) is 0 Å². The van der Waals surface area contributed by atoms with Crippen molar-refractivity contribution in [1.82, 2.24) is 10.6 Å². The van der Waals surface area contributed by atoms with Crippen LogP contribution in [0.25, 0.3) is 0 Å². The minimum Gasteiger partial charge on any atom is -0.383 e. The molecular formula is C22H28N4O4. The Balaban J connectivity index is 1.80. The number of rotatable bonds is 10. The fourth-order valence-electron chi connectivity index (χ4n) is 2.55. The van der Waals surface area contributed by atoms with Crippen molar-refractivity contribution in [3.05, 3.63) is 59.7 Å². The topological polar surface area (TPSA) is 109 Å². The van der Waals surface area contributed by atoms with Gasteiger partial charge >= 0.3 is 0 Å². The van der Waals surface area contributed by atoms with Crippen molar-refractivity contribution in [1.29, 1.82) is 0 Å². The normalized spacial score (nSPS) is 10.4. The van der Waals surface area contributed by atoms with E-state index < -0.39 is 0 Å². The van der Waals surface area contributed by atoms with Crippen LogP contribution in [0.5, 0.6) is 0 Å². The molecule has 0 aliphatic heterocycles. The summed E-state index contributed by atoms with van der Waals surface area (Å²) in [4.78, 5) is 36.0. The predicted molar refractivity (Wildman–Crippen MR) is 117 cm³/mol. The molecule has 0 fully saturated rings. The highest BCUT2D eigenvalue weighted by atomic mass is 16.5. The fraction of sp³-hybridized carbons (Fsp3) is 0.318. The summed E-state index contributed by atoms with van der Waals surface area (Å²) in [6, 6.07) is 13.6. The molecule has 0 saturated heterocycles. The van der Waals surface area contributed by atoms with Crippen LogP contribution in [0.4, 0.5) is 11.4 Å². The van der Waals surface area contributed by atoms with E-state index in [0.29, 0.717) is 30.0 Å². The Morgan fingerprint density at radius 1 is 0.867 bits per heavy atom. The third kappa shape index (κ3) is 7.56. The molecule has 30 heavy (non-hydrogen) atoms. The highest BCUT2D eigenvalue weighted by Crippen LogP contribution is 2.11. The van der Waals surface area contributed by atoms with Gasteiger partial charge in [-0.2, -0.15) is 0 Å². The molecular weight excluding hydrogens is 384 g/mol. The Kier molecular flexibility index (Phi) is 8.83. The molecule has 0 unspecified atom stereocenters. The van der Waals surface area contributed by atoms with Gasteiger partial charge in [0.05, 0.1) is 13.2 Å². The summed E-state index contributed by atoms with van der Waals surface area (Å²) in [5.74, 6) is -0.557. The van der Waals surface area contributed by atoms with Crippen LogP contribution in [-0.2, 0) is 9.53 Å². The maximum Gasteiger partial charge on any atom is 0.251 e. The SMILES string of the molecule is COCCNC(=O)c1ccc(NCC(=O)Nc2ccc(C(=O)NC(C)C)cc2)cc1. The van der Waals surface area contributed by atoms with Gasteiger partial charge in [-0.25, -0.2) is 0 Å². The van der Waals surface area contributed by atoms with Gasteiger partial charge in [0.25, 0.3) is 11.8 Å². The second-order valence-corrected chi connectivity index (χ2v) is 6.93. The molecule has 3 amide bonds. The summed E-state index contributed by atoms with van der Waals surface area (Å²) in [6.07, 6.45) is 0. The Labute approximate surface area is 176 Å².